The zero-order valence-electron chi connectivity index (χ0n) is 10.3. The smallest absolute Gasteiger partial charge is 0.0957 e. The van der Waals surface area contributed by atoms with Gasteiger partial charge < -0.3 is 5.73 Å². The Morgan fingerprint density at radius 2 is 2.00 bits per heavy atom. The first-order valence-corrected chi connectivity index (χ1v) is 5.91. The second kappa shape index (κ2) is 5.10. The van der Waals surface area contributed by atoms with E-state index in [2.05, 4.69) is 29.0 Å². The molecule has 0 aromatic carbocycles. The summed E-state index contributed by atoms with van der Waals surface area (Å²) in [5, 5.41) is 7.55. The fraction of sp³-hybridized carbons (Fsp3) is 0.385. The molecule has 2 aromatic rings. The molecular formula is C13H18N4. The van der Waals surface area contributed by atoms with Crippen molar-refractivity contribution in [2.75, 3.05) is 6.54 Å². The first kappa shape index (κ1) is 11.8. The maximum atomic E-state index is 5.68. The van der Waals surface area contributed by atoms with Gasteiger partial charge in [-0.25, -0.2) is 0 Å². The molecule has 0 atom stereocenters. The minimum Gasteiger partial charge on any atom is -0.330 e. The summed E-state index contributed by atoms with van der Waals surface area (Å²) < 4.78 is 0. The highest BCUT2D eigenvalue weighted by Gasteiger charge is 2.15. The van der Waals surface area contributed by atoms with Gasteiger partial charge in [0.25, 0.3) is 0 Å². The lowest BCUT2D eigenvalue weighted by molar-refractivity contribution is 0.791. The van der Waals surface area contributed by atoms with Crippen LogP contribution in [-0.2, 0) is 6.42 Å². The topological polar surface area (TPSA) is 67.6 Å². The highest BCUT2D eigenvalue weighted by Crippen LogP contribution is 2.27. The van der Waals surface area contributed by atoms with E-state index in [1.807, 2.05) is 12.1 Å². The van der Waals surface area contributed by atoms with Crippen molar-refractivity contribution >= 4 is 0 Å². The van der Waals surface area contributed by atoms with E-state index in [0.717, 1.165) is 17.7 Å². The normalized spacial score (nSPS) is 11.1. The molecule has 0 aliphatic heterocycles. The fourth-order valence-corrected chi connectivity index (χ4v) is 2.00. The SMILES string of the molecule is CC(C)c1[nH]nc(-c2ccncc2)c1CCN. The van der Waals surface area contributed by atoms with Gasteiger partial charge in [-0.15, -0.1) is 0 Å². The maximum absolute atomic E-state index is 5.68. The van der Waals surface area contributed by atoms with Gasteiger partial charge in [0.2, 0.25) is 0 Å². The van der Waals surface area contributed by atoms with Crippen molar-refractivity contribution in [3.05, 3.63) is 35.8 Å². The molecule has 90 valence electrons. The van der Waals surface area contributed by atoms with E-state index in [9.17, 15) is 0 Å². The first-order valence-electron chi connectivity index (χ1n) is 5.91. The molecule has 0 aliphatic rings. The highest BCUT2D eigenvalue weighted by atomic mass is 15.1. The summed E-state index contributed by atoms with van der Waals surface area (Å²) in [5.41, 5.74) is 10.2. The van der Waals surface area contributed by atoms with Crippen molar-refractivity contribution in [3.63, 3.8) is 0 Å². The van der Waals surface area contributed by atoms with E-state index in [0.29, 0.717) is 12.5 Å². The van der Waals surface area contributed by atoms with Crippen LogP contribution in [0.3, 0.4) is 0 Å². The molecule has 3 N–H and O–H groups in total. The summed E-state index contributed by atoms with van der Waals surface area (Å²) >= 11 is 0. The minimum atomic E-state index is 0.430. The van der Waals surface area contributed by atoms with Gasteiger partial charge in [-0.1, -0.05) is 13.8 Å². The maximum Gasteiger partial charge on any atom is 0.0957 e. The van der Waals surface area contributed by atoms with Crippen LogP contribution in [-0.4, -0.2) is 21.7 Å². The molecule has 0 spiro atoms. The van der Waals surface area contributed by atoms with Gasteiger partial charge in [0.05, 0.1) is 5.69 Å². The van der Waals surface area contributed by atoms with Crippen molar-refractivity contribution in [3.8, 4) is 11.3 Å². The van der Waals surface area contributed by atoms with Crippen LogP contribution in [0.4, 0.5) is 0 Å². The largest absolute Gasteiger partial charge is 0.330 e. The molecule has 4 heteroatoms. The predicted octanol–water partition coefficient (Wildman–Crippen LogP) is 2.10. The van der Waals surface area contributed by atoms with Gasteiger partial charge in [0, 0.05) is 29.2 Å². The summed E-state index contributed by atoms with van der Waals surface area (Å²) in [6, 6.07) is 3.95. The average Bonchev–Trinajstić information content (AvgIpc) is 2.75. The lowest BCUT2D eigenvalue weighted by Gasteiger charge is -2.07. The Balaban J connectivity index is 2.47. The van der Waals surface area contributed by atoms with Gasteiger partial charge in [0.1, 0.15) is 0 Å². The van der Waals surface area contributed by atoms with Crippen LogP contribution in [0.5, 0.6) is 0 Å². The second-order valence-electron chi connectivity index (χ2n) is 4.39. The van der Waals surface area contributed by atoms with Gasteiger partial charge >= 0.3 is 0 Å². The molecule has 2 aromatic heterocycles. The Hall–Kier alpha value is -1.68. The Morgan fingerprint density at radius 1 is 1.29 bits per heavy atom. The molecule has 0 saturated carbocycles. The van der Waals surface area contributed by atoms with Crippen LogP contribution >= 0.6 is 0 Å². The molecule has 0 radical (unpaired) electrons. The second-order valence-corrected chi connectivity index (χ2v) is 4.39. The summed E-state index contributed by atoms with van der Waals surface area (Å²) in [7, 11) is 0. The van der Waals surface area contributed by atoms with Crippen LogP contribution in [0.1, 0.15) is 31.0 Å². The number of rotatable bonds is 4. The van der Waals surface area contributed by atoms with Crippen molar-refractivity contribution in [2.24, 2.45) is 5.73 Å². The van der Waals surface area contributed by atoms with Crippen molar-refractivity contribution in [1.82, 2.24) is 15.2 Å². The van der Waals surface area contributed by atoms with Crippen LogP contribution in [0.2, 0.25) is 0 Å². The quantitative estimate of drug-likeness (QED) is 0.845. The monoisotopic (exact) mass is 230 g/mol. The van der Waals surface area contributed by atoms with Crippen molar-refractivity contribution < 1.29 is 0 Å². The molecule has 4 nitrogen and oxygen atoms in total. The standard InChI is InChI=1S/C13H18N4/c1-9(2)12-11(3-6-14)13(17-16-12)10-4-7-15-8-5-10/h4-5,7-9H,3,6,14H2,1-2H3,(H,16,17). The highest BCUT2D eigenvalue weighted by molar-refractivity contribution is 5.63. The minimum absolute atomic E-state index is 0.430. The van der Waals surface area contributed by atoms with E-state index in [4.69, 9.17) is 5.73 Å². The summed E-state index contributed by atoms with van der Waals surface area (Å²) in [6.07, 6.45) is 4.41. The third-order valence-corrected chi connectivity index (χ3v) is 2.82. The molecule has 0 unspecified atom stereocenters. The molecule has 0 aliphatic carbocycles. The molecule has 2 rings (SSSR count). The Kier molecular flexibility index (Phi) is 3.54. The van der Waals surface area contributed by atoms with E-state index in [1.165, 1.54) is 11.3 Å². The number of aromatic amines is 1. The van der Waals surface area contributed by atoms with E-state index < -0.39 is 0 Å². The Bertz CT molecular complexity index is 473. The number of pyridine rings is 1. The number of nitrogens with two attached hydrogens (primary N) is 1. The van der Waals surface area contributed by atoms with E-state index >= 15 is 0 Å². The van der Waals surface area contributed by atoms with Crippen LogP contribution in [0.15, 0.2) is 24.5 Å². The predicted molar refractivity (Wildman–Crippen MR) is 68.7 cm³/mol. The zero-order valence-corrected chi connectivity index (χ0v) is 10.3. The molecular weight excluding hydrogens is 212 g/mol. The van der Waals surface area contributed by atoms with Gasteiger partial charge in [-0.05, 0) is 31.0 Å². The molecule has 0 bridgehead atoms. The molecule has 17 heavy (non-hydrogen) atoms. The number of H-pyrrole nitrogens is 1. The van der Waals surface area contributed by atoms with Crippen LogP contribution in [0.25, 0.3) is 11.3 Å². The number of nitrogens with one attached hydrogen (secondary N) is 1. The number of hydrogen-bond donors (Lipinski definition) is 2. The first-order chi connectivity index (χ1) is 8.24. The summed E-state index contributed by atoms with van der Waals surface area (Å²) in [5.74, 6) is 0.430. The Labute approximate surface area is 101 Å². The molecule has 0 amide bonds. The molecule has 2 heterocycles. The fourth-order valence-electron chi connectivity index (χ4n) is 2.00. The third kappa shape index (κ3) is 2.36. The molecule has 0 fully saturated rings. The van der Waals surface area contributed by atoms with Gasteiger partial charge in [-0.2, -0.15) is 5.10 Å². The van der Waals surface area contributed by atoms with E-state index in [-0.39, 0.29) is 0 Å². The average molecular weight is 230 g/mol. The van der Waals surface area contributed by atoms with E-state index in [1.54, 1.807) is 12.4 Å². The number of aromatic nitrogens is 3. The zero-order chi connectivity index (χ0) is 12.3. The molecule has 0 saturated heterocycles. The van der Waals surface area contributed by atoms with Gasteiger partial charge in [-0.3, -0.25) is 10.1 Å². The Morgan fingerprint density at radius 3 is 2.59 bits per heavy atom. The van der Waals surface area contributed by atoms with Crippen LogP contribution in [0, 0.1) is 0 Å². The number of nitrogens with zero attached hydrogens (tertiary/aromatic N) is 2. The van der Waals surface area contributed by atoms with Crippen molar-refractivity contribution in [1.29, 1.82) is 0 Å². The lowest BCUT2D eigenvalue weighted by atomic mass is 9.98. The summed E-state index contributed by atoms with van der Waals surface area (Å²) in [6.45, 7) is 4.95. The summed E-state index contributed by atoms with van der Waals surface area (Å²) in [4.78, 5) is 4.03. The lowest BCUT2D eigenvalue weighted by Crippen LogP contribution is -2.06. The number of hydrogen-bond acceptors (Lipinski definition) is 3. The van der Waals surface area contributed by atoms with Crippen LogP contribution < -0.4 is 5.73 Å². The van der Waals surface area contributed by atoms with Gasteiger partial charge in [0.15, 0.2) is 0 Å². The third-order valence-electron chi connectivity index (χ3n) is 2.82. The van der Waals surface area contributed by atoms with Crippen molar-refractivity contribution in [2.45, 2.75) is 26.2 Å².